The van der Waals surface area contributed by atoms with E-state index in [1.165, 1.54) is 21.1 Å². The third-order valence-corrected chi connectivity index (χ3v) is 6.33. The van der Waals surface area contributed by atoms with E-state index in [9.17, 15) is 0 Å². The van der Waals surface area contributed by atoms with Gasteiger partial charge in [0.2, 0.25) is 9.04 Å². The summed E-state index contributed by atoms with van der Waals surface area (Å²) in [5.41, 5.74) is 0. The summed E-state index contributed by atoms with van der Waals surface area (Å²) in [6.45, 7) is 0. The quantitative estimate of drug-likeness (QED) is 0.532. The first-order valence-corrected chi connectivity index (χ1v) is 8.76. The third kappa shape index (κ3) is 2.63. The normalized spacial score (nSPS) is 12.4. The van der Waals surface area contributed by atoms with E-state index in [1.807, 2.05) is 6.07 Å². The number of halogens is 1. The van der Waals surface area contributed by atoms with Gasteiger partial charge in [-0.2, -0.15) is 0 Å². The van der Waals surface area contributed by atoms with Crippen molar-refractivity contribution in [1.82, 2.24) is 0 Å². The van der Waals surface area contributed by atoms with Crippen molar-refractivity contribution in [3.8, 4) is 0 Å². The average Bonchev–Trinajstić information content (AvgIpc) is 2.53. The molecule has 100 valence electrons. The summed E-state index contributed by atoms with van der Waals surface area (Å²) in [6.07, 6.45) is 0. The van der Waals surface area contributed by atoms with Crippen LogP contribution in [-0.2, 0) is 4.43 Å². The molecule has 0 aliphatic rings. The predicted octanol–water partition coefficient (Wildman–Crippen LogP) is 2.89. The third-order valence-electron chi connectivity index (χ3n) is 3.44. The fraction of sp³-hybridized carbons (Fsp3) is 0.0588. The zero-order chi connectivity index (χ0) is 13.8. The molecule has 3 aromatic rings. The highest BCUT2D eigenvalue weighted by atomic mass is 35.5. The second-order valence-corrected chi connectivity index (χ2v) is 7.24. The molecular weight excluding hydrogens is 284 g/mol. The van der Waals surface area contributed by atoms with E-state index in [2.05, 4.69) is 66.7 Å². The zero-order valence-corrected chi connectivity index (χ0v) is 12.9. The molecule has 3 heteroatoms. The highest BCUT2D eigenvalue weighted by molar-refractivity contribution is 6.82. The molecule has 20 heavy (non-hydrogen) atoms. The van der Waals surface area contributed by atoms with Crippen LogP contribution in [0.4, 0.5) is 0 Å². The van der Waals surface area contributed by atoms with Gasteiger partial charge in [-0.1, -0.05) is 84.4 Å². The van der Waals surface area contributed by atoms with Crippen LogP contribution in [0.5, 0.6) is 0 Å². The van der Waals surface area contributed by atoms with Crippen LogP contribution in [0.2, 0.25) is 0 Å². The lowest BCUT2D eigenvalue weighted by Crippen LogP contribution is -2.45. The first kappa shape index (κ1) is 13.4. The van der Waals surface area contributed by atoms with Crippen LogP contribution >= 0.6 is 11.6 Å². The number of hydrogen-bond donors (Lipinski definition) is 0. The summed E-state index contributed by atoms with van der Waals surface area (Å²) in [4.78, 5) is 0. The lowest BCUT2D eigenvalue weighted by Gasteiger charge is -2.17. The second kappa shape index (κ2) is 6.22. The van der Waals surface area contributed by atoms with Gasteiger partial charge in [-0.25, -0.2) is 0 Å². The van der Waals surface area contributed by atoms with E-state index in [4.69, 9.17) is 16.0 Å². The van der Waals surface area contributed by atoms with Crippen molar-refractivity contribution in [2.24, 2.45) is 0 Å². The molecule has 0 heterocycles. The first-order valence-electron chi connectivity index (χ1n) is 6.60. The van der Waals surface area contributed by atoms with Crippen LogP contribution in [0, 0.1) is 0 Å². The molecule has 3 rings (SSSR count). The molecule has 0 saturated heterocycles. The minimum atomic E-state index is -1.73. The molecule has 0 spiro atoms. The van der Waals surface area contributed by atoms with Crippen molar-refractivity contribution in [2.75, 3.05) is 6.07 Å². The Labute approximate surface area is 125 Å². The molecule has 0 saturated carbocycles. The average molecular weight is 299 g/mol. The van der Waals surface area contributed by atoms with Crippen molar-refractivity contribution in [2.45, 2.75) is 0 Å². The van der Waals surface area contributed by atoms with Crippen LogP contribution in [0.15, 0.2) is 72.8 Å². The number of hydrogen-bond acceptors (Lipinski definition) is 1. The Morgan fingerprint density at radius 3 is 2.30 bits per heavy atom. The van der Waals surface area contributed by atoms with E-state index in [0.717, 1.165) is 0 Å². The Hall–Kier alpha value is -1.61. The van der Waals surface area contributed by atoms with Crippen molar-refractivity contribution in [3.63, 3.8) is 0 Å². The molecule has 1 nitrogen and oxygen atoms in total. The van der Waals surface area contributed by atoms with Crippen LogP contribution in [0.3, 0.4) is 0 Å². The number of benzene rings is 3. The number of rotatable bonds is 4. The fourth-order valence-corrected chi connectivity index (χ4v) is 5.17. The van der Waals surface area contributed by atoms with Crippen LogP contribution < -0.4 is 10.4 Å². The van der Waals surface area contributed by atoms with Crippen molar-refractivity contribution >= 4 is 41.8 Å². The first-order chi connectivity index (χ1) is 9.90. The van der Waals surface area contributed by atoms with Crippen LogP contribution in [0.1, 0.15) is 0 Å². The molecule has 1 atom stereocenters. The monoisotopic (exact) mass is 298 g/mol. The van der Waals surface area contributed by atoms with Gasteiger partial charge in [0.15, 0.2) is 0 Å². The summed E-state index contributed by atoms with van der Waals surface area (Å²) in [6, 6.07) is 25.4. The molecule has 0 aliphatic heterocycles. The van der Waals surface area contributed by atoms with Gasteiger partial charge in [0.25, 0.3) is 0 Å². The molecule has 0 N–H and O–H groups in total. The van der Waals surface area contributed by atoms with E-state index in [-0.39, 0.29) is 6.07 Å². The molecule has 0 radical (unpaired) electrons. The van der Waals surface area contributed by atoms with Gasteiger partial charge >= 0.3 is 0 Å². The molecule has 0 aliphatic carbocycles. The maximum Gasteiger partial charge on any atom is 0.242 e. The van der Waals surface area contributed by atoms with Crippen molar-refractivity contribution in [1.29, 1.82) is 0 Å². The Balaban J connectivity index is 2.15. The summed E-state index contributed by atoms with van der Waals surface area (Å²) in [5, 5.41) is 5.05. The van der Waals surface area contributed by atoms with Gasteiger partial charge in [-0.15, -0.1) is 0 Å². The van der Waals surface area contributed by atoms with Gasteiger partial charge in [-0.05, 0) is 21.1 Å². The molecule has 0 fully saturated rings. The largest absolute Gasteiger partial charge is 0.397 e. The van der Waals surface area contributed by atoms with Gasteiger partial charge < -0.3 is 4.43 Å². The Kier molecular flexibility index (Phi) is 4.16. The molecule has 3 aromatic carbocycles. The lowest BCUT2D eigenvalue weighted by atomic mass is 10.1. The second-order valence-electron chi connectivity index (χ2n) is 4.63. The van der Waals surface area contributed by atoms with E-state index < -0.39 is 9.04 Å². The van der Waals surface area contributed by atoms with Crippen LogP contribution in [0.25, 0.3) is 10.8 Å². The van der Waals surface area contributed by atoms with Gasteiger partial charge in [0, 0.05) is 0 Å². The standard InChI is InChI=1S/C17H15ClOSi/c18-13-19-20(15-9-2-1-3-10-15)17-12-6-8-14-7-4-5-11-16(14)17/h1-12,20H,13H2. The molecule has 0 bridgehead atoms. The topological polar surface area (TPSA) is 9.23 Å². The fourth-order valence-electron chi connectivity index (χ4n) is 2.54. The van der Waals surface area contributed by atoms with Gasteiger partial charge in [0.1, 0.15) is 6.07 Å². The van der Waals surface area contributed by atoms with Gasteiger partial charge in [-0.3, -0.25) is 0 Å². The number of alkyl halides is 1. The minimum Gasteiger partial charge on any atom is -0.397 e. The zero-order valence-electron chi connectivity index (χ0n) is 11.0. The Morgan fingerprint density at radius 1 is 0.800 bits per heavy atom. The summed E-state index contributed by atoms with van der Waals surface area (Å²) >= 11 is 5.86. The summed E-state index contributed by atoms with van der Waals surface area (Å²) in [5.74, 6) is 0. The highest BCUT2D eigenvalue weighted by Gasteiger charge is 2.19. The predicted molar refractivity (Wildman–Crippen MR) is 88.6 cm³/mol. The number of fused-ring (bicyclic) bond motifs is 1. The minimum absolute atomic E-state index is 0.231. The molecular formula is C17H15ClOSi. The molecule has 0 aromatic heterocycles. The van der Waals surface area contributed by atoms with Crippen molar-refractivity contribution in [3.05, 3.63) is 72.8 Å². The van der Waals surface area contributed by atoms with Crippen molar-refractivity contribution < 1.29 is 4.43 Å². The smallest absolute Gasteiger partial charge is 0.242 e. The van der Waals surface area contributed by atoms with Gasteiger partial charge in [0.05, 0.1) is 0 Å². The van der Waals surface area contributed by atoms with Crippen LogP contribution in [-0.4, -0.2) is 15.1 Å². The van der Waals surface area contributed by atoms with E-state index >= 15 is 0 Å². The Morgan fingerprint density at radius 2 is 1.50 bits per heavy atom. The lowest BCUT2D eigenvalue weighted by molar-refractivity contribution is 0.410. The Bertz CT molecular complexity index is 694. The SMILES string of the molecule is ClCO[SiH](c1ccccc1)c1cccc2ccccc12. The highest BCUT2D eigenvalue weighted by Crippen LogP contribution is 2.12. The van der Waals surface area contributed by atoms with E-state index in [1.54, 1.807) is 0 Å². The summed E-state index contributed by atoms with van der Waals surface area (Å²) in [7, 11) is -1.73. The molecule has 0 amide bonds. The maximum absolute atomic E-state index is 5.93. The van der Waals surface area contributed by atoms with E-state index in [0.29, 0.717) is 0 Å². The summed E-state index contributed by atoms with van der Waals surface area (Å²) < 4.78 is 5.93. The maximum atomic E-state index is 5.93. The molecule has 1 unspecified atom stereocenters.